The minimum absolute atomic E-state index is 0.00481. The van der Waals surface area contributed by atoms with Crippen molar-refractivity contribution < 1.29 is 18.8 Å². The molecule has 5 N–H and O–H groups in total. The Morgan fingerprint density at radius 1 is 1.11 bits per heavy atom. The van der Waals surface area contributed by atoms with Crippen LogP contribution in [0.3, 0.4) is 0 Å². The lowest BCUT2D eigenvalue weighted by Gasteiger charge is -2.32. The SMILES string of the molecule is CCc1ccc(N(C(=O)c2snc(C(N)=O)c2N)C(C(=O)NC2CCCC2)c2ccc(F)cc2)cc1. The maximum Gasteiger partial charge on any atom is 0.273 e. The lowest BCUT2D eigenvalue weighted by atomic mass is 10.0. The Morgan fingerprint density at radius 2 is 1.75 bits per heavy atom. The molecule has 4 rings (SSSR count). The van der Waals surface area contributed by atoms with Gasteiger partial charge in [0.15, 0.2) is 5.69 Å². The molecule has 3 aromatic rings. The summed E-state index contributed by atoms with van der Waals surface area (Å²) < 4.78 is 17.7. The first-order valence-electron chi connectivity index (χ1n) is 11.8. The van der Waals surface area contributed by atoms with Crippen LogP contribution in [-0.2, 0) is 11.2 Å². The summed E-state index contributed by atoms with van der Waals surface area (Å²) in [5.41, 5.74) is 13.0. The number of halogens is 1. The number of carbonyl (C=O) groups is 3. The molecule has 0 spiro atoms. The van der Waals surface area contributed by atoms with E-state index in [-0.39, 0.29) is 28.2 Å². The molecule has 1 fully saturated rings. The van der Waals surface area contributed by atoms with Gasteiger partial charge in [-0.2, -0.15) is 4.37 Å². The molecule has 0 bridgehead atoms. The smallest absolute Gasteiger partial charge is 0.273 e. The van der Waals surface area contributed by atoms with Crippen LogP contribution in [0.1, 0.15) is 69.9 Å². The zero-order chi connectivity index (χ0) is 25.8. The van der Waals surface area contributed by atoms with Crippen LogP contribution >= 0.6 is 11.5 Å². The Morgan fingerprint density at radius 3 is 2.31 bits per heavy atom. The van der Waals surface area contributed by atoms with Crippen molar-refractivity contribution in [1.29, 1.82) is 0 Å². The number of aryl methyl sites for hydroxylation is 1. The van der Waals surface area contributed by atoms with Crippen molar-refractivity contribution in [2.24, 2.45) is 5.73 Å². The van der Waals surface area contributed by atoms with Gasteiger partial charge in [-0.05, 0) is 66.2 Å². The maximum absolute atomic E-state index is 14.0. The highest BCUT2D eigenvalue weighted by atomic mass is 32.1. The molecule has 1 aliphatic carbocycles. The van der Waals surface area contributed by atoms with Gasteiger partial charge in [0.1, 0.15) is 16.7 Å². The molecule has 8 nitrogen and oxygen atoms in total. The number of amides is 3. The third kappa shape index (κ3) is 5.23. The van der Waals surface area contributed by atoms with Gasteiger partial charge < -0.3 is 16.8 Å². The van der Waals surface area contributed by atoms with Crippen molar-refractivity contribution in [3.05, 3.63) is 76.0 Å². The standard InChI is InChI=1S/C26H28FN5O3S/c1-2-15-7-13-19(14-8-15)32(26(35)23-20(28)21(24(29)33)31-36-23)22(16-9-11-17(27)12-10-16)25(34)30-18-5-3-4-6-18/h7-14,18,22H,2-6,28H2,1H3,(H2,29,33)(H,30,34). The van der Waals surface area contributed by atoms with Crippen molar-refractivity contribution in [3.63, 3.8) is 0 Å². The first-order chi connectivity index (χ1) is 17.3. The van der Waals surface area contributed by atoms with Gasteiger partial charge in [-0.3, -0.25) is 19.3 Å². The summed E-state index contributed by atoms with van der Waals surface area (Å²) in [4.78, 5) is 40.8. The fraction of sp³-hybridized carbons (Fsp3) is 0.308. The molecule has 1 saturated carbocycles. The largest absolute Gasteiger partial charge is 0.395 e. The zero-order valence-electron chi connectivity index (χ0n) is 19.9. The Hall–Kier alpha value is -3.79. The summed E-state index contributed by atoms with van der Waals surface area (Å²) in [6.45, 7) is 2.01. The van der Waals surface area contributed by atoms with E-state index in [1.54, 1.807) is 12.1 Å². The maximum atomic E-state index is 14.0. The number of rotatable bonds is 8. The van der Waals surface area contributed by atoms with Gasteiger partial charge in [-0.25, -0.2) is 4.39 Å². The second-order valence-electron chi connectivity index (χ2n) is 8.78. The number of primary amides is 1. The third-order valence-corrected chi connectivity index (χ3v) is 7.24. The quantitative estimate of drug-likeness (QED) is 0.423. The monoisotopic (exact) mass is 509 g/mol. The minimum atomic E-state index is -1.12. The van der Waals surface area contributed by atoms with E-state index in [0.717, 1.165) is 49.2 Å². The summed E-state index contributed by atoms with van der Waals surface area (Å²) in [7, 11) is 0. The zero-order valence-corrected chi connectivity index (χ0v) is 20.7. The van der Waals surface area contributed by atoms with E-state index in [0.29, 0.717) is 11.3 Å². The lowest BCUT2D eigenvalue weighted by molar-refractivity contribution is -0.123. The first kappa shape index (κ1) is 25.3. The molecule has 1 aromatic heterocycles. The fourth-order valence-corrected chi connectivity index (χ4v) is 5.17. The average molecular weight is 510 g/mol. The molecule has 1 aliphatic rings. The normalized spacial score (nSPS) is 14.4. The molecule has 3 amide bonds. The predicted molar refractivity (Wildman–Crippen MR) is 137 cm³/mol. The van der Waals surface area contributed by atoms with Crippen LogP contribution < -0.4 is 21.7 Å². The summed E-state index contributed by atoms with van der Waals surface area (Å²) in [5.74, 6) is -2.32. The van der Waals surface area contributed by atoms with Crippen molar-refractivity contribution in [1.82, 2.24) is 9.69 Å². The van der Waals surface area contributed by atoms with Gasteiger partial charge in [0.25, 0.3) is 11.8 Å². The van der Waals surface area contributed by atoms with Gasteiger partial charge in [0, 0.05) is 11.7 Å². The number of nitrogens with two attached hydrogens (primary N) is 2. The van der Waals surface area contributed by atoms with E-state index in [2.05, 4.69) is 9.69 Å². The van der Waals surface area contributed by atoms with Crippen LogP contribution in [0.5, 0.6) is 0 Å². The van der Waals surface area contributed by atoms with Crippen LogP contribution in [0, 0.1) is 5.82 Å². The number of hydrogen-bond acceptors (Lipinski definition) is 6. The Labute approximate surface area is 212 Å². The Bertz CT molecular complexity index is 1250. The molecule has 1 heterocycles. The summed E-state index contributed by atoms with van der Waals surface area (Å²) in [6, 6.07) is 11.6. The van der Waals surface area contributed by atoms with Gasteiger partial charge in [-0.1, -0.05) is 44.0 Å². The highest BCUT2D eigenvalue weighted by Gasteiger charge is 2.37. The van der Waals surface area contributed by atoms with Crippen LogP contribution in [0.4, 0.5) is 15.8 Å². The van der Waals surface area contributed by atoms with E-state index < -0.39 is 23.7 Å². The van der Waals surface area contributed by atoms with Crippen molar-refractivity contribution in [2.45, 2.75) is 51.1 Å². The van der Waals surface area contributed by atoms with Crippen LogP contribution in [-0.4, -0.2) is 28.1 Å². The molecular weight excluding hydrogens is 481 g/mol. The minimum Gasteiger partial charge on any atom is -0.395 e. The number of hydrogen-bond donors (Lipinski definition) is 3. The Kier molecular flexibility index (Phi) is 7.64. The van der Waals surface area contributed by atoms with Gasteiger partial charge in [0.2, 0.25) is 5.91 Å². The lowest BCUT2D eigenvalue weighted by Crippen LogP contribution is -2.46. The van der Waals surface area contributed by atoms with Crippen LogP contribution in [0.15, 0.2) is 48.5 Å². The van der Waals surface area contributed by atoms with Crippen LogP contribution in [0.25, 0.3) is 0 Å². The van der Waals surface area contributed by atoms with E-state index in [1.807, 2.05) is 19.1 Å². The van der Waals surface area contributed by atoms with E-state index in [1.165, 1.54) is 29.2 Å². The van der Waals surface area contributed by atoms with E-state index in [9.17, 15) is 18.8 Å². The van der Waals surface area contributed by atoms with Gasteiger partial charge in [-0.15, -0.1) is 0 Å². The molecule has 188 valence electrons. The number of benzene rings is 2. The molecule has 1 unspecified atom stereocenters. The van der Waals surface area contributed by atoms with Crippen molar-refractivity contribution in [3.8, 4) is 0 Å². The van der Waals surface area contributed by atoms with Crippen molar-refractivity contribution >= 4 is 40.6 Å². The number of nitrogen functional groups attached to an aromatic ring is 1. The van der Waals surface area contributed by atoms with Crippen LogP contribution in [0.2, 0.25) is 0 Å². The third-order valence-electron chi connectivity index (χ3n) is 6.39. The van der Waals surface area contributed by atoms with E-state index >= 15 is 0 Å². The predicted octanol–water partition coefficient (Wildman–Crippen LogP) is 3.97. The molecule has 0 aliphatic heterocycles. The number of carbonyl (C=O) groups excluding carboxylic acids is 3. The second kappa shape index (κ2) is 10.9. The van der Waals surface area contributed by atoms with E-state index in [4.69, 9.17) is 11.5 Å². The molecule has 0 saturated heterocycles. The topological polar surface area (TPSA) is 131 Å². The second-order valence-corrected chi connectivity index (χ2v) is 9.55. The highest BCUT2D eigenvalue weighted by molar-refractivity contribution is 7.09. The average Bonchev–Trinajstić information content (AvgIpc) is 3.52. The summed E-state index contributed by atoms with van der Waals surface area (Å²) >= 11 is 0.744. The van der Waals surface area contributed by atoms with Gasteiger partial charge >= 0.3 is 0 Å². The molecular formula is C26H28FN5O3S. The fourth-order valence-electron chi connectivity index (χ4n) is 4.43. The summed E-state index contributed by atoms with van der Waals surface area (Å²) in [6.07, 6.45) is 4.53. The highest BCUT2D eigenvalue weighted by Crippen LogP contribution is 2.34. The number of nitrogens with one attached hydrogen (secondary N) is 1. The first-order valence-corrected chi connectivity index (χ1v) is 12.6. The molecule has 0 radical (unpaired) electrons. The molecule has 36 heavy (non-hydrogen) atoms. The number of anilines is 2. The summed E-state index contributed by atoms with van der Waals surface area (Å²) in [5, 5.41) is 3.07. The Balaban J connectivity index is 1.84. The van der Waals surface area contributed by atoms with Gasteiger partial charge in [0.05, 0.1) is 5.69 Å². The van der Waals surface area contributed by atoms with Crippen molar-refractivity contribution in [2.75, 3.05) is 10.6 Å². The number of aromatic nitrogens is 1. The molecule has 1 atom stereocenters. The molecule has 2 aromatic carbocycles. The molecule has 10 heteroatoms. The number of nitrogens with zero attached hydrogens (tertiary/aromatic N) is 2.